The highest BCUT2D eigenvalue weighted by Crippen LogP contribution is 2.15. The maximum atomic E-state index is 13.4. The Bertz CT molecular complexity index is 729. The maximum Gasteiger partial charge on any atom is 0.241 e. The Morgan fingerprint density at radius 3 is 2.85 bits per heavy atom. The van der Waals surface area contributed by atoms with Crippen molar-refractivity contribution in [3.05, 3.63) is 47.8 Å². The summed E-state index contributed by atoms with van der Waals surface area (Å²) in [4.78, 5) is 6.33. The number of benzene rings is 1. The van der Waals surface area contributed by atoms with E-state index >= 15 is 0 Å². The summed E-state index contributed by atoms with van der Waals surface area (Å²) in [5.74, 6) is -0.201. The zero-order valence-electron chi connectivity index (χ0n) is 10.1. The average molecular weight is 314 g/mol. The third-order valence-corrected chi connectivity index (χ3v) is 4.12. The molecule has 0 atom stereocenters. The van der Waals surface area contributed by atoms with Gasteiger partial charge in [-0.05, 0) is 18.2 Å². The van der Waals surface area contributed by atoms with Gasteiger partial charge in [-0.15, -0.1) is 0 Å². The van der Waals surface area contributed by atoms with Gasteiger partial charge in [-0.1, -0.05) is 12.2 Å². The van der Waals surface area contributed by atoms with Crippen LogP contribution in [-0.2, 0) is 16.6 Å². The fraction of sp³-hybridized carbons (Fsp3) is 0.0909. The van der Waals surface area contributed by atoms with Gasteiger partial charge in [0.15, 0.2) is 0 Å². The number of hydrogen-bond donors (Lipinski definition) is 3. The molecule has 0 aliphatic rings. The number of sulfonamides is 1. The van der Waals surface area contributed by atoms with Gasteiger partial charge in [0.25, 0.3) is 0 Å². The predicted octanol–water partition coefficient (Wildman–Crippen LogP) is 0.661. The summed E-state index contributed by atoms with van der Waals surface area (Å²) in [6, 6.07) is 3.25. The van der Waals surface area contributed by atoms with E-state index in [4.69, 9.17) is 5.73 Å². The molecule has 0 saturated carbocycles. The lowest BCUT2D eigenvalue weighted by molar-refractivity contribution is 0.578. The summed E-state index contributed by atoms with van der Waals surface area (Å²) >= 11 is 4.67. The largest absolute Gasteiger partial charge is 0.389 e. The molecule has 0 fully saturated rings. The maximum absolute atomic E-state index is 13.4. The number of rotatable bonds is 5. The number of halogens is 1. The Balaban J connectivity index is 2.25. The molecule has 0 saturated heterocycles. The van der Waals surface area contributed by atoms with E-state index in [2.05, 4.69) is 26.9 Å². The third-order valence-electron chi connectivity index (χ3n) is 2.50. The highest BCUT2D eigenvalue weighted by molar-refractivity contribution is 7.89. The summed E-state index contributed by atoms with van der Waals surface area (Å²) in [7, 11) is -3.80. The van der Waals surface area contributed by atoms with Crippen LogP contribution in [0.3, 0.4) is 0 Å². The van der Waals surface area contributed by atoms with Crippen LogP contribution in [0.2, 0.25) is 0 Å². The third kappa shape index (κ3) is 3.18. The molecule has 0 unspecified atom stereocenters. The van der Waals surface area contributed by atoms with Crippen LogP contribution in [0.1, 0.15) is 11.4 Å². The van der Waals surface area contributed by atoms with Crippen LogP contribution in [0.15, 0.2) is 35.5 Å². The molecule has 4 N–H and O–H groups in total. The van der Waals surface area contributed by atoms with Gasteiger partial charge in [-0.2, -0.15) is 0 Å². The van der Waals surface area contributed by atoms with Crippen LogP contribution in [0.4, 0.5) is 4.39 Å². The Labute approximate surface area is 120 Å². The molecule has 0 aliphatic carbocycles. The zero-order valence-corrected chi connectivity index (χ0v) is 11.8. The molecular weight excluding hydrogens is 303 g/mol. The van der Waals surface area contributed by atoms with Crippen LogP contribution in [0.5, 0.6) is 0 Å². The minimum atomic E-state index is -3.80. The van der Waals surface area contributed by atoms with E-state index in [0.717, 1.165) is 18.2 Å². The van der Waals surface area contributed by atoms with Crippen molar-refractivity contribution < 1.29 is 12.8 Å². The molecule has 1 aromatic heterocycles. The second-order valence-corrected chi connectivity index (χ2v) is 6.07. The van der Waals surface area contributed by atoms with Gasteiger partial charge in [-0.25, -0.2) is 22.5 Å². The minimum Gasteiger partial charge on any atom is -0.389 e. The normalized spacial score (nSPS) is 11.4. The van der Waals surface area contributed by atoms with Crippen molar-refractivity contribution in [2.24, 2.45) is 5.73 Å². The van der Waals surface area contributed by atoms with Crippen molar-refractivity contribution >= 4 is 27.2 Å². The molecule has 0 bridgehead atoms. The molecule has 1 aromatic carbocycles. The van der Waals surface area contributed by atoms with Crippen molar-refractivity contribution in [2.45, 2.75) is 11.4 Å². The molecule has 106 valence electrons. The first-order chi connectivity index (χ1) is 9.40. The monoisotopic (exact) mass is 314 g/mol. The number of aromatic nitrogens is 2. The van der Waals surface area contributed by atoms with Crippen LogP contribution in [-0.4, -0.2) is 23.4 Å². The Hall–Kier alpha value is -1.84. The van der Waals surface area contributed by atoms with Crippen molar-refractivity contribution in [2.75, 3.05) is 0 Å². The highest BCUT2D eigenvalue weighted by Gasteiger charge is 2.17. The minimum absolute atomic E-state index is 0.00485. The van der Waals surface area contributed by atoms with Gasteiger partial charge in [0.1, 0.15) is 16.6 Å². The Kier molecular flexibility index (Phi) is 4.12. The van der Waals surface area contributed by atoms with Crippen molar-refractivity contribution in [3.8, 4) is 0 Å². The highest BCUT2D eigenvalue weighted by atomic mass is 32.2. The molecule has 9 heteroatoms. The number of nitrogens with one attached hydrogen (secondary N) is 2. The molecule has 0 spiro atoms. The molecule has 0 aliphatic heterocycles. The van der Waals surface area contributed by atoms with Gasteiger partial charge in [0.05, 0.1) is 11.4 Å². The Morgan fingerprint density at radius 2 is 2.25 bits per heavy atom. The molecular formula is C11H11FN4O2S2. The van der Waals surface area contributed by atoms with E-state index in [1.807, 2.05) is 0 Å². The van der Waals surface area contributed by atoms with E-state index in [-0.39, 0.29) is 22.0 Å². The molecule has 0 radical (unpaired) electrons. The van der Waals surface area contributed by atoms with Crippen molar-refractivity contribution in [1.29, 1.82) is 0 Å². The van der Waals surface area contributed by atoms with E-state index in [1.165, 1.54) is 6.20 Å². The van der Waals surface area contributed by atoms with Gasteiger partial charge >= 0.3 is 0 Å². The second kappa shape index (κ2) is 5.65. The van der Waals surface area contributed by atoms with Crippen LogP contribution < -0.4 is 10.5 Å². The topological polar surface area (TPSA) is 101 Å². The summed E-state index contributed by atoms with van der Waals surface area (Å²) in [5.41, 5.74) is 5.23. The number of aromatic amines is 1. The van der Waals surface area contributed by atoms with Crippen molar-refractivity contribution in [1.82, 2.24) is 14.7 Å². The lowest BCUT2D eigenvalue weighted by atomic mass is 10.2. The fourth-order valence-electron chi connectivity index (χ4n) is 1.50. The zero-order chi connectivity index (χ0) is 14.8. The van der Waals surface area contributed by atoms with Crippen LogP contribution in [0.25, 0.3) is 0 Å². The molecule has 1 heterocycles. The molecule has 2 aromatic rings. The van der Waals surface area contributed by atoms with Gasteiger partial charge in [-0.3, -0.25) is 0 Å². The number of thiocarbonyl (C=S) groups is 1. The van der Waals surface area contributed by atoms with E-state index in [1.54, 1.807) is 6.20 Å². The summed E-state index contributed by atoms with van der Waals surface area (Å²) in [6.07, 6.45) is 3.08. The average Bonchev–Trinajstić information content (AvgIpc) is 2.89. The number of hydrogen-bond acceptors (Lipinski definition) is 4. The number of nitrogens with zero attached hydrogens (tertiary/aromatic N) is 1. The smallest absolute Gasteiger partial charge is 0.241 e. The predicted molar refractivity (Wildman–Crippen MR) is 74.9 cm³/mol. The first kappa shape index (κ1) is 14.6. The number of H-pyrrole nitrogens is 1. The van der Waals surface area contributed by atoms with E-state index in [0.29, 0.717) is 5.82 Å². The lowest BCUT2D eigenvalue weighted by Crippen LogP contribution is -2.24. The van der Waals surface area contributed by atoms with Gasteiger partial charge in [0.2, 0.25) is 10.0 Å². The first-order valence-corrected chi connectivity index (χ1v) is 7.36. The van der Waals surface area contributed by atoms with Gasteiger partial charge in [0, 0.05) is 18.0 Å². The molecule has 2 rings (SSSR count). The van der Waals surface area contributed by atoms with Crippen LogP contribution >= 0.6 is 12.2 Å². The summed E-state index contributed by atoms with van der Waals surface area (Å²) < 4.78 is 39.9. The first-order valence-electron chi connectivity index (χ1n) is 5.47. The summed E-state index contributed by atoms with van der Waals surface area (Å²) in [5, 5.41) is 0. The second-order valence-electron chi connectivity index (χ2n) is 3.87. The quantitative estimate of drug-likeness (QED) is 0.704. The van der Waals surface area contributed by atoms with E-state index in [9.17, 15) is 12.8 Å². The molecule has 20 heavy (non-hydrogen) atoms. The number of imidazole rings is 1. The molecule has 6 nitrogen and oxygen atoms in total. The fourth-order valence-corrected chi connectivity index (χ4v) is 2.67. The summed E-state index contributed by atoms with van der Waals surface area (Å²) in [6.45, 7) is -0.00485. The van der Waals surface area contributed by atoms with Crippen molar-refractivity contribution in [3.63, 3.8) is 0 Å². The van der Waals surface area contributed by atoms with Gasteiger partial charge < -0.3 is 10.7 Å². The van der Waals surface area contributed by atoms with E-state index < -0.39 is 15.8 Å². The Morgan fingerprint density at radius 1 is 1.50 bits per heavy atom. The number of nitrogens with two attached hydrogens (primary N) is 1. The standard InChI is InChI=1S/C11H11FN4O2S2/c12-9-2-1-7(5-8(9)11(13)19)20(17,18)16-6-10-14-3-4-15-10/h1-5,16H,6H2,(H2,13,19)(H,14,15). The SMILES string of the molecule is NC(=S)c1cc(S(=O)(=O)NCc2ncc[nH]2)ccc1F. The molecule has 0 amide bonds. The lowest BCUT2D eigenvalue weighted by Gasteiger charge is -2.07. The van der Waals surface area contributed by atoms with Crippen LogP contribution in [0, 0.1) is 5.82 Å².